The Morgan fingerprint density at radius 2 is 1.82 bits per heavy atom. The molecule has 3 aliphatic rings. The van der Waals surface area contributed by atoms with Gasteiger partial charge in [0.15, 0.2) is 34.7 Å². The summed E-state index contributed by atoms with van der Waals surface area (Å²) in [5.41, 5.74) is 4.59. The first-order chi connectivity index (χ1) is 17.8. The number of ketones is 4. The minimum absolute atomic E-state index is 0.001000. The van der Waals surface area contributed by atoms with Crippen LogP contribution in [0.15, 0.2) is 29.1 Å². The number of fused-ring (bicyclic) bond motifs is 3. The number of nitrogens with two attached hydrogens (primary N) is 1. The van der Waals surface area contributed by atoms with Crippen molar-refractivity contribution in [3.8, 4) is 16.9 Å². The number of hydrogen-bond acceptors (Lipinski definition) is 10. The SMILES string of the molecule is CN(C)c1cc(-c2ccoc2)c(O)c2c1C[C@@H]1C[C@@H]3[C@@H](N(C)C)C(=O)C(C(N)=O)C(=O)[C@]3(O)C(=O)C1C2=O. The highest BCUT2D eigenvalue weighted by Gasteiger charge is 2.69. The Hall–Kier alpha value is -3.83. The van der Waals surface area contributed by atoms with Crippen LogP contribution in [0.25, 0.3) is 11.1 Å². The fourth-order valence-corrected chi connectivity index (χ4v) is 6.69. The number of phenolic OH excluding ortho intramolecular Hbond substituents is 1. The summed E-state index contributed by atoms with van der Waals surface area (Å²) in [6, 6.07) is 2.22. The number of anilines is 1. The quantitative estimate of drug-likeness (QED) is 0.470. The van der Waals surface area contributed by atoms with E-state index in [1.165, 1.54) is 17.4 Å². The van der Waals surface area contributed by atoms with Crippen LogP contribution >= 0.6 is 0 Å². The summed E-state index contributed by atoms with van der Waals surface area (Å²) in [7, 11) is 6.68. The van der Waals surface area contributed by atoms with Gasteiger partial charge in [0, 0.05) is 36.8 Å². The largest absolute Gasteiger partial charge is 0.507 e. The lowest BCUT2D eigenvalue weighted by Crippen LogP contribution is -2.74. The van der Waals surface area contributed by atoms with E-state index in [-0.39, 0.29) is 24.2 Å². The van der Waals surface area contributed by atoms with E-state index in [2.05, 4.69) is 0 Å². The summed E-state index contributed by atoms with van der Waals surface area (Å²) in [6.45, 7) is 0. The van der Waals surface area contributed by atoms with Gasteiger partial charge < -0.3 is 25.3 Å². The van der Waals surface area contributed by atoms with Crippen molar-refractivity contribution in [1.29, 1.82) is 0 Å². The molecule has 1 amide bonds. The molecule has 2 fully saturated rings. The van der Waals surface area contributed by atoms with E-state index in [0.717, 1.165) is 0 Å². The third kappa shape index (κ3) is 3.31. The Kier molecular flexibility index (Phi) is 5.84. The van der Waals surface area contributed by atoms with Crippen molar-refractivity contribution in [3.63, 3.8) is 0 Å². The van der Waals surface area contributed by atoms with Crippen molar-refractivity contribution in [1.82, 2.24) is 4.90 Å². The Labute approximate surface area is 218 Å². The molecule has 3 aliphatic carbocycles. The number of aromatic hydroxyl groups is 1. The second-order valence-corrected chi connectivity index (χ2v) is 10.8. The molecule has 2 aromatic rings. The molecule has 0 saturated heterocycles. The van der Waals surface area contributed by atoms with Crippen LogP contribution in [-0.2, 0) is 25.6 Å². The molecule has 200 valence electrons. The molecule has 4 N–H and O–H groups in total. The summed E-state index contributed by atoms with van der Waals surface area (Å²) < 4.78 is 5.15. The van der Waals surface area contributed by atoms with Crippen molar-refractivity contribution >= 4 is 34.7 Å². The van der Waals surface area contributed by atoms with Gasteiger partial charge in [-0.1, -0.05) is 0 Å². The van der Waals surface area contributed by atoms with Gasteiger partial charge in [-0.05, 0) is 50.6 Å². The molecule has 1 aromatic carbocycles. The summed E-state index contributed by atoms with van der Waals surface area (Å²) in [4.78, 5) is 69.8. The summed E-state index contributed by atoms with van der Waals surface area (Å²) in [6.07, 6.45) is 3.03. The minimum Gasteiger partial charge on any atom is -0.507 e. The monoisotopic (exact) mass is 523 g/mol. The first-order valence-electron chi connectivity index (χ1n) is 12.3. The molecule has 11 nitrogen and oxygen atoms in total. The number of nitrogens with zero attached hydrogens (tertiary/aromatic N) is 2. The lowest BCUT2D eigenvalue weighted by atomic mass is 9.52. The van der Waals surface area contributed by atoms with Crippen LogP contribution in [0.1, 0.15) is 22.3 Å². The summed E-state index contributed by atoms with van der Waals surface area (Å²) >= 11 is 0. The Morgan fingerprint density at radius 1 is 1.13 bits per heavy atom. The highest BCUT2D eigenvalue weighted by atomic mass is 16.3. The van der Waals surface area contributed by atoms with Gasteiger partial charge in [0.1, 0.15) is 5.75 Å². The van der Waals surface area contributed by atoms with Gasteiger partial charge in [-0.2, -0.15) is 0 Å². The number of phenols is 1. The number of hydrogen-bond donors (Lipinski definition) is 3. The van der Waals surface area contributed by atoms with Crippen LogP contribution in [0.3, 0.4) is 0 Å². The fraction of sp³-hybridized carbons (Fsp3) is 0.444. The molecular formula is C27H29N3O8. The minimum atomic E-state index is -2.75. The van der Waals surface area contributed by atoms with Gasteiger partial charge in [0.05, 0.1) is 30.0 Å². The molecule has 0 spiro atoms. The van der Waals surface area contributed by atoms with Crippen LogP contribution in [0, 0.1) is 23.7 Å². The standard InChI is InChI=1S/C27H29N3O8/c1-29(2)16-9-13(11-5-6-38-10-11)21(31)18-14(16)7-12-8-15-20(30(3)4)23(33)19(26(28)36)25(35)27(15,37)24(34)17(12)22(18)32/h5-6,9-10,12,15,17,19-20,31,37H,7-8H2,1-4H3,(H2,28,36)/t12-,15-,17?,19?,20-,27-/m1/s1. The molecule has 11 heteroatoms. The maximum atomic E-state index is 14.0. The predicted molar refractivity (Wildman–Crippen MR) is 133 cm³/mol. The van der Waals surface area contributed by atoms with Gasteiger partial charge in [-0.15, -0.1) is 0 Å². The number of rotatable bonds is 4. The van der Waals surface area contributed by atoms with E-state index < -0.39 is 64.4 Å². The van der Waals surface area contributed by atoms with Gasteiger partial charge in [0.25, 0.3) is 0 Å². The number of carbonyl (C=O) groups is 5. The lowest BCUT2D eigenvalue weighted by molar-refractivity contribution is -0.181. The van der Waals surface area contributed by atoms with Crippen molar-refractivity contribution in [2.75, 3.05) is 33.1 Å². The fourth-order valence-electron chi connectivity index (χ4n) is 6.69. The third-order valence-electron chi connectivity index (χ3n) is 8.35. The van der Waals surface area contributed by atoms with E-state index in [0.29, 0.717) is 22.4 Å². The zero-order chi connectivity index (χ0) is 27.8. The van der Waals surface area contributed by atoms with E-state index in [1.54, 1.807) is 45.2 Å². The number of likely N-dealkylation sites (N-methyl/N-ethyl adjacent to an activating group) is 1. The molecule has 2 saturated carbocycles. The second-order valence-electron chi connectivity index (χ2n) is 10.8. The molecule has 6 atom stereocenters. The zero-order valence-electron chi connectivity index (χ0n) is 21.4. The highest BCUT2D eigenvalue weighted by Crippen LogP contribution is 2.53. The van der Waals surface area contributed by atoms with Crippen LogP contribution in [-0.4, -0.2) is 84.0 Å². The molecule has 0 aliphatic heterocycles. The van der Waals surface area contributed by atoms with Crippen LogP contribution in [0.2, 0.25) is 0 Å². The van der Waals surface area contributed by atoms with Gasteiger partial charge >= 0.3 is 0 Å². The lowest BCUT2D eigenvalue weighted by Gasteiger charge is -2.52. The smallest absolute Gasteiger partial charge is 0.235 e. The maximum absolute atomic E-state index is 14.0. The van der Waals surface area contributed by atoms with Gasteiger partial charge in [0.2, 0.25) is 5.91 Å². The average molecular weight is 524 g/mol. The molecule has 38 heavy (non-hydrogen) atoms. The molecule has 5 rings (SSSR count). The molecule has 0 bridgehead atoms. The predicted octanol–water partition coefficient (Wildman–Crippen LogP) is 0.193. The first kappa shape index (κ1) is 25.8. The zero-order valence-corrected chi connectivity index (χ0v) is 21.4. The topological polar surface area (TPSA) is 171 Å². The Bertz CT molecular complexity index is 1400. The first-order valence-corrected chi connectivity index (χ1v) is 12.3. The number of aliphatic hydroxyl groups is 1. The van der Waals surface area contributed by atoms with Crippen molar-refractivity contribution in [2.24, 2.45) is 29.4 Å². The number of carbonyl (C=O) groups excluding carboxylic acids is 5. The maximum Gasteiger partial charge on any atom is 0.235 e. The van der Waals surface area contributed by atoms with E-state index in [4.69, 9.17) is 10.2 Å². The average Bonchev–Trinajstić information content (AvgIpc) is 3.35. The van der Waals surface area contributed by atoms with Crippen LogP contribution < -0.4 is 10.6 Å². The number of furan rings is 1. The van der Waals surface area contributed by atoms with E-state index in [9.17, 15) is 34.2 Å². The number of primary amides is 1. The Morgan fingerprint density at radius 3 is 2.37 bits per heavy atom. The van der Waals surface area contributed by atoms with Crippen LogP contribution in [0.4, 0.5) is 5.69 Å². The number of benzene rings is 1. The summed E-state index contributed by atoms with van der Waals surface area (Å²) in [5, 5.41) is 22.9. The van der Waals surface area contributed by atoms with Gasteiger partial charge in [-0.25, -0.2) is 0 Å². The normalized spacial score (nSPS) is 30.6. The number of Topliss-reactive ketones (excluding diaryl/α,β-unsaturated/α-hetero) is 4. The van der Waals surface area contributed by atoms with Crippen molar-refractivity contribution in [2.45, 2.75) is 24.5 Å². The number of amides is 1. The van der Waals surface area contributed by atoms with Crippen LogP contribution in [0.5, 0.6) is 5.75 Å². The van der Waals surface area contributed by atoms with Crippen molar-refractivity contribution < 1.29 is 38.6 Å². The highest BCUT2D eigenvalue weighted by molar-refractivity contribution is 6.32. The van der Waals surface area contributed by atoms with Crippen molar-refractivity contribution in [3.05, 3.63) is 35.8 Å². The molecule has 2 unspecified atom stereocenters. The summed E-state index contributed by atoms with van der Waals surface area (Å²) in [5.74, 6) is -10.7. The van der Waals surface area contributed by atoms with E-state index >= 15 is 0 Å². The van der Waals surface area contributed by atoms with E-state index in [1.807, 2.05) is 0 Å². The molecule has 1 aromatic heterocycles. The molecule has 0 radical (unpaired) electrons. The molecule has 1 heterocycles. The van der Waals surface area contributed by atoms with Gasteiger partial charge in [-0.3, -0.25) is 28.9 Å². The third-order valence-corrected chi connectivity index (χ3v) is 8.35. The second kappa shape index (κ2) is 8.60. The Balaban J connectivity index is 1.69. The molecular weight excluding hydrogens is 494 g/mol.